The molecule has 0 saturated carbocycles. The predicted molar refractivity (Wildman–Crippen MR) is 108 cm³/mol. The maximum Gasteiger partial charge on any atom is 0.171 e. The van der Waals surface area contributed by atoms with Gasteiger partial charge in [-0.15, -0.1) is 0 Å². The van der Waals surface area contributed by atoms with Gasteiger partial charge in [-0.2, -0.15) is 0 Å². The van der Waals surface area contributed by atoms with Crippen molar-refractivity contribution in [3.8, 4) is 22.6 Å². The number of benzene rings is 3. The molecular weight excluding hydrogens is 356 g/mol. The van der Waals surface area contributed by atoms with Crippen LogP contribution in [0.5, 0.6) is 11.5 Å². The molecule has 136 valence electrons. The van der Waals surface area contributed by atoms with Gasteiger partial charge in [0.05, 0.1) is 0 Å². The minimum atomic E-state index is -0.261. The van der Waals surface area contributed by atoms with E-state index in [0.717, 1.165) is 16.0 Å². The summed E-state index contributed by atoms with van der Waals surface area (Å²) in [7, 11) is 0. The second-order valence-electron chi connectivity index (χ2n) is 6.83. The predicted octanol–water partition coefficient (Wildman–Crippen LogP) is 5.91. The zero-order chi connectivity index (χ0) is 19.1. The van der Waals surface area contributed by atoms with Crippen LogP contribution >= 0.6 is 11.8 Å². The van der Waals surface area contributed by atoms with Crippen molar-refractivity contribution in [2.24, 2.45) is 0 Å². The number of phenols is 2. The van der Waals surface area contributed by atoms with Crippen molar-refractivity contribution in [1.29, 1.82) is 0 Å². The van der Waals surface area contributed by atoms with Gasteiger partial charge in [0.1, 0.15) is 0 Å². The molecule has 1 atom stereocenters. The number of phenolic OH excluding ortho intramolecular Hbond substituents is 2. The molecule has 1 aliphatic rings. The zero-order valence-corrected chi connectivity index (χ0v) is 16.0. The average Bonchev–Trinajstić information content (AvgIpc) is 2.76. The zero-order valence-electron chi connectivity index (χ0n) is 15.2. The van der Waals surface area contributed by atoms with Crippen LogP contribution in [0, 0.1) is 6.92 Å². The second-order valence-corrected chi connectivity index (χ2v) is 7.92. The summed E-state index contributed by atoms with van der Waals surface area (Å²) in [5.41, 5.74) is 4.93. The second kappa shape index (κ2) is 6.78. The summed E-state index contributed by atoms with van der Waals surface area (Å²) in [6, 6.07) is 17.3. The fourth-order valence-corrected chi connectivity index (χ4v) is 4.85. The molecule has 3 nitrogen and oxygen atoms in total. The van der Waals surface area contributed by atoms with Gasteiger partial charge in [-0.05, 0) is 53.8 Å². The Morgan fingerprint density at radius 3 is 2.41 bits per heavy atom. The van der Waals surface area contributed by atoms with Gasteiger partial charge in [0.2, 0.25) is 0 Å². The van der Waals surface area contributed by atoms with Gasteiger partial charge in [0.25, 0.3) is 0 Å². The fraction of sp³-hybridized carbons (Fsp3) is 0.174. The number of ketones is 1. The van der Waals surface area contributed by atoms with E-state index in [9.17, 15) is 15.0 Å². The Kier molecular flexibility index (Phi) is 4.44. The van der Waals surface area contributed by atoms with Crippen LogP contribution in [0.4, 0.5) is 0 Å². The molecule has 4 rings (SSSR count). The van der Waals surface area contributed by atoms with E-state index in [1.807, 2.05) is 25.1 Å². The van der Waals surface area contributed by atoms with E-state index in [1.165, 1.54) is 35.0 Å². The van der Waals surface area contributed by atoms with Crippen LogP contribution in [0.3, 0.4) is 0 Å². The van der Waals surface area contributed by atoms with Crippen molar-refractivity contribution in [1.82, 2.24) is 0 Å². The highest BCUT2D eigenvalue weighted by atomic mass is 32.2. The van der Waals surface area contributed by atoms with Gasteiger partial charge in [-0.3, -0.25) is 4.79 Å². The first-order valence-corrected chi connectivity index (χ1v) is 9.79. The van der Waals surface area contributed by atoms with Crippen LogP contribution in [0.25, 0.3) is 11.1 Å². The normalized spacial score (nSPS) is 15.8. The topological polar surface area (TPSA) is 57.5 Å². The van der Waals surface area contributed by atoms with E-state index in [1.54, 1.807) is 0 Å². The van der Waals surface area contributed by atoms with Crippen molar-refractivity contribution < 1.29 is 15.0 Å². The molecule has 0 bridgehead atoms. The molecule has 0 fully saturated rings. The molecule has 4 heteroatoms. The number of hydrogen-bond acceptors (Lipinski definition) is 4. The number of Topliss-reactive ketones (excluding diaryl/α,β-unsaturated/α-hetero) is 1. The quantitative estimate of drug-likeness (QED) is 0.546. The molecule has 0 aromatic heterocycles. The van der Waals surface area contributed by atoms with Gasteiger partial charge in [0.15, 0.2) is 17.3 Å². The monoisotopic (exact) mass is 376 g/mol. The lowest BCUT2D eigenvalue weighted by molar-refractivity contribution is 0.0953. The molecule has 3 aromatic rings. The molecule has 0 aliphatic carbocycles. The van der Waals surface area contributed by atoms with E-state index in [4.69, 9.17) is 0 Å². The van der Waals surface area contributed by atoms with Gasteiger partial charge >= 0.3 is 0 Å². The average molecular weight is 376 g/mol. The van der Waals surface area contributed by atoms with E-state index in [0.29, 0.717) is 16.9 Å². The Morgan fingerprint density at radius 2 is 1.67 bits per heavy atom. The number of hydrogen-bond donors (Lipinski definition) is 2. The first-order valence-electron chi connectivity index (χ1n) is 8.97. The summed E-state index contributed by atoms with van der Waals surface area (Å²) in [4.78, 5) is 14.8. The van der Waals surface area contributed by atoms with Gasteiger partial charge < -0.3 is 10.2 Å². The van der Waals surface area contributed by atoms with Gasteiger partial charge in [-0.25, -0.2) is 0 Å². The summed E-state index contributed by atoms with van der Waals surface area (Å²) >= 11 is 1.47. The van der Waals surface area contributed by atoms with Crippen LogP contribution in [0.2, 0.25) is 0 Å². The molecule has 0 radical (unpaired) electrons. The van der Waals surface area contributed by atoms with Crippen molar-refractivity contribution in [2.45, 2.75) is 36.0 Å². The number of rotatable bonds is 2. The third-order valence-electron chi connectivity index (χ3n) is 5.13. The first-order chi connectivity index (χ1) is 13.0. The molecule has 3 aromatic carbocycles. The van der Waals surface area contributed by atoms with Crippen LogP contribution in [0.15, 0.2) is 64.4 Å². The summed E-state index contributed by atoms with van der Waals surface area (Å²) < 4.78 is 0. The largest absolute Gasteiger partial charge is 0.504 e. The summed E-state index contributed by atoms with van der Waals surface area (Å²) in [6.07, 6.45) is 0.678. The lowest BCUT2D eigenvalue weighted by Gasteiger charge is -2.16. The lowest BCUT2D eigenvalue weighted by atomic mass is 9.87. The van der Waals surface area contributed by atoms with Crippen LogP contribution < -0.4 is 0 Å². The third kappa shape index (κ3) is 3.00. The third-order valence-corrected chi connectivity index (χ3v) is 6.26. The maximum atomic E-state index is 13.1. The van der Waals surface area contributed by atoms with Gasteiger partial charge in [0, 0.05) is 21.3 Å². The number of aromatic hydroxyl groups is 2. The minimum absolute atomic E-state index is 0.0160. The summed E-state index contributed by atoms with van der Waals surface area (Å²) in [5, 5.41) is 19.8. The highest BCUT2D eigenvalue weighted by Gasteiger charge is 2.30. The number of carbonyl (C=O) groups is 1. The Morgan fingerprint density at radius 1 is 0.926 bits per heavy atom. The molecule has 0 spiro atoms. The molecule has 0 amide bonds. The Bertz CT molecular complexity index is 1060. The van der Waals surface area contributed by atoms with Crippen LogP contribution in [-0.4, -0.2) is 16.0 Å². The number of carbonyl (C=O) groups excluding carboxylic acids is 1. The highest BCUT2D eigenvalue weighted by Crippen LogP contribution is 2.46. The van der Waals surface area contributed by atoms with Gasteiger partial charge in [-0.1, -0.05) is 55.1 Å². The van der Waals surface area contributed by atoms with E-state index >= 15 is 0 Å². The van der Waals surface area contributed by atoms with E-state index in [2.05, 4.69) is 31.2 Å². The molecular formula is C23H20O3S. The summed E-state index contributed by atoms with van der Waals surface area (Å²) in [5.74, 6) is -0.744. The van der Waals surface area contributed by atoms with Crippen molar-refractivity contribution in [3.05, 3.63) is 71.3 Å². The standard InChI is InChI=1S/C23H20O3S/c1-3-15-17-9-8-14(16-7-5-4-6-13(16)2)10-21(17)27-22-12-20(25)19(24)11-18(22)23(15)26/h4-12,15,24-25H,3H2,1-2H3. The van der Waals surface area contributed by atoms with Crippen molar-refractivity contribution >= 4 is 17.5 Å². The molecule has 2 N–H and O–H groups in total. The molecule has 0 saturated heterocycles. The van der Waals surface area contributed by atoms with Crippen LogP contribution in [0.1, 0.15) is 40.7 Å². The SMILES string of the molecule is CCC1C(=O)c2cc(O)c(O)cc2Sc2cc(-c3ccccc3C)ccc21. The molecule has 1 heterocycles. The summed E-state index contributed by atoms with van der Waals surface area (Å²) in [6.45, 7) is 4.08. The number of fused-ring (bicyclic) bond motifs is 2. The minimum Gasteiger partial charge on any atom is -0.504 e. The Labute approximate surface area is 162 Å². The molecule has 27 heavy (non-hydrogen) atoms. The smallest absolute Gasteiger partial charge is 0.171 e. The molecule has 1 unspecified atom stereocenters. The van der Waals surface area contributed by atoms with E-state index < -0.39 is 0 Å². The first kappa shape index (κ1) is 17.7. The van der Waals surface area contributed by atoms with Crippen molar-refractivity contribution in [2.75, 3.05) is 0 Å². The Hall–Kier alpha value is -2.72. The lowest BCUT2D eigenvalue weighted by Crippen LogP contribution is -2.12. The Balaban J connectivity index is 1.91. The number of aryl methyl sites for hydroxylation is 1. The van der Waals surface area contributed by atoms with E-state index in [-0.39, 0.29) is 23.2 Å². The van der Waals surface area contributed by atoms with Crippen molar-refractivity contribution in [3.63, 3.8) is 0 Å². The maximum absolute atomic E-state index is 13.1. The highest BCUT2D eigenvalue weighted by molar-refractivity contribution is 7.99. The van der Waals surface area contributed by atoms with Crippen LogP contribution in [-0.2, 0) is 0 Å². The molecule has 1 aliphatic heterocycles. The fourth-order valence-electron chi connectivity index (χ4n) is 3.66.